The first-order valence-corrected chi connectivity index (χ1v) is 1.82. The van der Waals surface area contributed by atoms with E-state index in [2.05, 4.69) is 19.4 Å². The molecule has 0 fully saturated rings. The van der Waals surface area contributed by atoms with E-state index in [1.165, 1.54) is 0 Å². The Hall–Kier alpha value is -0.120. The second-order valence-corrected chi connectivity index (χ2v) is 1.44. The monoisotopic (exact) mass is 122 g/mol. The molecule has 0 heterocycles. The third kappa shape index (κ3) is 2230. The van der Waals surface area contributed by atoms with Crippen molar-refractivity contribution >= 4 is 23.2 Å². The first-order valence-electron chi connectivity index (χ1n) is 1.06. The SMILES string of the molecule is C#C.C=C(Cl)Cl. The Labute approximate surface area is 47.8 Å². The third-order valence-corrected chi connectivity index (χ3v) is 0. The van der Waals surface area contributed by atoms with Gasteiger partial charge in [0.1, 0.15) is 0 Å². The minimum atomic E-state index is 0.111. The fourth-order valence-corrected chi connectivity index (χ4v) is 0. The Balaban J connectivity index is 0. The molecule has 6 heavy (non-hydrogen) atoms. The summed E-state index contributed by atoms with van der Waals surface area (Å²) >= 11 is 9.69. The summed E-state index contributed by atoms with van der Waals surface area (Å²) in [6.45, 7) is 3.09. The summed E-state index contributed by atoms with van der Waals surface area (Å²) < 4.78 is 0.111. The van der Waals surface area contributed by atoms with Crippen molar-refractivity contribution in [2.24, 2.45) is 0 Å². The third-order valence-electron chi connectivity index (χ3n) is 0. The van der Waals surface area contributed by atoms with E-state index in [-0.39, 0.29) is 4.49 Å². The number of hydrogen-bond donors (Lipinski definition) is 0. The summed E-state index contributed by atoms with van der Waals surface area (Å²) in [7, 11) is 0. The minimum Gasteiger partial charge on any atom is -0.124 e. The van der Waals surface area contributed by atoms with E-state index < -0.39 is 0 Å². The Morgan fingerprint density at radius 3 is 1.33 bits per heavy atom. The molecule has 0 aromatic rings. The fourth-order valence-electron chi connectivity index (χ4n) is 0. The van der Waals surface area contributed by atoms with E-state index in [9.17, 15) is 0 Å². The predicted molar refractivity (Wildman–Crippen MR) is 30.7 cm³/mol. The maximum atomic E-state index is 4.85. The van der Waals surface area contributed by atoms with Gasteiger partial charge >= 0.3 is 0 Å². The largest absolute Gasteiger partial charge is 0.124 e. The molecular formula is C4H4Cl2. The van der Waals surface area contributed by atoms with Crippen LogP contribution >= 0.6 is 23.2 Å². The van der Waals surface area contributed by atoms with Crippen molar-refractivity contribution in [1.29, 1.82) is 0 Å². The number of rotatable bonds is 0. The van der Waals surface area contributed by atoms with E-state index in [0.29, 0.717) is 0 Å². The van der Waals surface area contributed by atoms with Crippen LogP contribution in [0.3, 0.4) is 0 Å². The Morgan fingerprint density at radius 1 is 1.33 bits per heavy atom. The molecule has 0 spiro atoms. The van der Waals surface area contributed by atoms with E-state index >= 15 is 0 Å². The van der Waals surface area contributed by atoms with Crippen LogP contribution in [0.2, 0.25) is 0 Å². The van der Waals surface area contributed by atoms with Crippen LogP contribution in [0.4, 0.5) is 0 Å². The summed E-state index contributed by atoms with van der Waals surface area (Å²) in [6.07, 6.45) is 8.00. The molecule has 0 saturated heterocycles. The summed E-state index contributed by atoms with van der Waals surface area (Å²) in [4.78, 5) is 0. The maximum Gasteiger partial charge on any atom is 0.0992 e. The van der Waals surface area contributed by atoms with Crippen LogP contribution in [0.15, 0.2) is 11.1 Å². The van der Waals surface area contributed by atoms with Gasteiger partial charge in [0.15, 0.2) is 0 Å². The van der Waals surface area contributed by atoms with Crippen molar-refractivity contribution < 1.29 is 0 Å². The predicted octanol–water partition coefficient (Wildman–Crippen LogP) is 2.18. The molecule has 0 aromatic carbocycles. The van der Waals surface area contributed by atoms with Gasteiger partial charge in [-0.1, -0.05) is 29.8 Å². The molecule has 0 aromatic heterocycles. The molecule has 0 aliphatic carbocycles. The van der Waals surface area contributed by atoms with E-state index in [0.717, 1.165) is 0 Å². The van der Waals surface area contributed by atoms with Crippen molar-refractivity contribution in [2.75, 3.05) is 0 Å². The molecule has 0 atom stereocenters. The lowest BCUT2D eigenvalue weighted by molar-refractivity contribution is 2.45. The van der Waals surface area contributed by atoms with Crippen molar-refractivity contribution in [2.45, 2.75) is 0 Å². The Morgan fingerprint density at radius 2 is 1.33 bits per heavy atom. The lowest BCUT2D eigenvalue weighted by Crippen LogP contribution is -1.24. The van der Waals surface area contributed by atoms with Crippen LogP contribution in [0.1, 0.15) is 0 Å². The molecule has 2 heteroatoms. The Bertz CT molecular complexity index is 49.8. The highest BCUT2D eigenvalue weighted by molar-refractivity contribution is 6.55. The quantitative estimate of drug-likeness (QED) is 0.433. The molecule has 0 N–H and O–H groups in total. The zero-order valence-electron chi connectivity index (χ0n) is 3.12. The van der Waals surface area contributed by atoms with Crippen molar-refractivity contribution in [1.82, 2.24) is 0 Å². The van der Waals surface area contributed by atoms with Gasteiger partial charge in [-0.25, -0.2) is 0 Å². The molecule has 0 bridgehead atoms. The van der Waals surface area contributed by atoms with Crippen LogP contribution in [0.5, 0.6) is 0 Å². The highest BCUT2D eigenvalue weighted by Crippen LogP contribution is 1.98. The van der Waals surface area contributed by atoms with E-state index in [4.69, 9.17) is 23.2 Å². The normalized spacial score (nSPS) is 4.67. The van der Waals surface area contributed by atoms with Gasteiger partial charge in [-0.2, -0.15) is 0 Å². The smallest absolute Gasteiger partial charge is 0.0992 e. The van der Waals surface area contributed by atoms with Crippen LogP contribution in [0.25, 0.3) is 0 Å². The molecule has 34 valence electrons. The first-order chi connectivity index (χ1) is 2.73. The Kier molecular flexibility index (Phi) is 13.7. The standard InChI is InChI=1S/C2H2Cl2.C2H2/c1-2(3)4;1-2/h1H2;1-2H. The van der Waals surface area contributed by atoms with Gasteiger partial charge < -0.3 is 0 Å². The van der Waals surface area contributed by atoms with Gasteiger partial charge in [-0.3, -0.25) is 0 Å². The maximum absolute atomic E-state index is 4.85. The molecule has 0 saturated carbocycles. The molecule has 0 radical (unpaired) electrons. The van der Waals surface area contributed by atoms with Crippen molar-refractivity contribution in [3.05, 3.63) is 11.1 Å². The highest BCUT2D eigenvalue weighted by atomic mass is 35.5. The van der Waals surface area contributed by atoms with Gasteiger partial charge in [0.05, 0.1) is 4.49 Å². The average molecular weight is 123 g/mol. The van der Waals surface area contributed by atoms with E-state index in [1.54, 1.807) is 0 Å². The van der Waals surface area contributed by atoms with Gasteiger partial charge in [0.2, 0.25) is 0 Å². The molecule has 0 aliphatic rings. The van der Waals surface area contributed by atoms with E-state index in [1.807, 2.05) is 0 Å². The van der Waals surface area contributed by atoms with Crippen molar-refractivity contribution in [3.8, 4) is 12.8 Å². The van der Waals surface area contributed by atoms with Crippen LogP contribution < -0.4 is 0 Å². The van der Waals surface area contributed by atoms with Crippen LogP contribution in [0, 0.1) is 12.8 Å². The minimum absolute atomic E-state index is 0.111. The van der Waals surface area contributed by atoms with Crippen molar-refractivity contribution in [3.63, 3.8) is 0 Å². The highest BCUT2D eigenvalue weighted by Gasteiger charge is 1.60. The van der Waals surface area contributed by atoms with Gasteiger partial charge in [-0.05, 0) is 0 Å². The zero-order valence-corrected chi connectivity index (χ0v) is 4.63. The molecule has 0 nitrogen and oxygen atoms in total. The molecule has 0 amide bonds. The molecular weight excluding hydrogens is 119 g/mol. The van der Waals surface area contributed by atoms with Gasteiger partial charge in [0, 0.05) is 0 Å². The number of hydrogen-bond acceptors (Lipinski definition) is 0. The van der Waals surface area contributed by atoms with Crippen LogP contribution in [-0.2, 0) is 0 Å². The summed E-state index contributed by atoms with van der Waals surface area (Å²) in [5.74, 6) is 0. The number of halogens is 2. The van der Waals surface area contributed by atoms with Gasteiger partial charge in [0.25, 0.3) is 0 Å². The molecule has 0 rings (SSSR count). The van der Waals surface area contributed by atoms with Crippen LogP contribution in [-0.4, -0.2) is 0 Å². The lowest BCUT2D eigenvalue weighted by atomic mass is 11.3. The summed E-state index contributed by atoms with van der Waals surface area (Å²) in [6, 6.07) is 0. The lowest BCUT2D eigenvalue weighted by Gasteiger charge is -1.57. The second-order valence-electron chi connectivity index (χ2n) is 0.339. The topological polar surface area (TPSA) is 0 Å². The molecule has 0 unspecified atom stereocenters. The second kappa shape index (κ2) is 8.86. The summed E-state index contributed by atoms with van der Waals surface area (Å²) in [5, 5.41) is 0. The first kappa shape index (κ1) is 9.30. The number of terminal acetylenes is 1. The molecule has 0 aliphatic heterocycles. The average Bonchev–Trinajstić information content (AvgIpc) is 1.41. The fraction of sp³-hybridized carbons (Fsp3) is 0. The van der Waals surface area contributed by atoms with Gasteiger partial charge in [-0.15, -0.1) is 12.8 Å². The zero-order chi connectivity index (χ0) is 5.58. The summed E-state index contributed by atoms with van der Waals surface area (Å²) in [5.41, 5.74) is 0.